The molecular weight excluding hydrogens is 308 g/mol. The number of anilines is 1. The van der Waals surface area contributed by atoms with E-state index in [1.807, 2.05) is 34.2 Å². The Bertz CT molecular complexity index is 1020. The number of nitrogens with zero attached hydrogens (tertiary/aromatic N) is 5. The van der Waals surface area contributed by atoms with Crippen LogP contribution in [-0.2, 0) is 19.4 Å². The van der Waals surface area contributed by atoms with Crippen LogP contribution in [0.3, 0.4) is 0 Å². The zero-order chi connectivity index (χ0) is 15.2. The summed E-state index contributed by atoms with van der Waals surface area (Å²) in [5.74, 6) is 0.923. The lowest BCUT2D eigenvalue weighted by Crippen LogP contribution is -2.08. The first-order valence-corrected chi connectivity index (χ1v) is 8.48. The van der Waals surface area contributed by atoms with Crippen molar-refractivity contribution in [3.8, 4) is 0 Å². The van der Waals surface area contributed by atoms with E-state index in [4.69, 9.17) is 0 Å². The third kappa shape index (κ3) is 2.00. The Morgan fingerprint density at radius 3 is 3.13 bits per heavy atom. The summed E-state index contributed by atoms with van der Waals surface area (Å²) in [7, 11) is 0. The average molecular weight is 322 g/mol. The quantitative estimate of drug-likeness (QED) is 0.628. The summed E-state index contributed by atoms with van der Waals surface area (Å²) in [5, 5.41) is 9.00. The molecule has 0 amide bonds. The molecule has 0 fully saturated rings. The van der Waals surface area contributed by atoms with E-state index in [0.717, 1.165) is 28.4 Å². The van der Waals surface area contributed by atoms with Gasteiger partial charge in [0, 0.05) is 17.1 Å². The van der Waals surface area contributed by atoms with Crippen LogP contribution in [0.2, 0.25) is 0 Å². The van der Waals surface area contributed by atoms with Crippen LogP contribution in [0.25, 0.3) is 15.9 Å². The Kier molecular flexibility index (Phi) is 2.81. The Morgan fingerprint density at radius 2 is 2.13 bits per heavy atom. The Labute approximate surface area is 136 Å². The van der Waals surface area contributed by atoms with E-state index >= 15 is 0 Å². The van der Waals surface area contributed by atoms with E-state index in [1.54, 1.807) is 12.5 Å². The number of rotatable bonds is 3. The second-order valence-corrected chi connectivity index (χ2v) is 6.73. The van der Waals surface area contributed by atoms with Crippen molar-refractivity contribution in [3.63, 3.8) is 0 Å². The van der Waals surface area contributed by atoms with Crippen LogP contribution in [0.15, 0.2) is 30.9 Å². The molecule has 4 aromatic rings. The minimum absolute atomic E-state index is 0.650. The normalized spacial score (nSPS) is 13.7. The molecule has 6 nitrogen and oxygen atoms in total. The summed E-state index contributed by atoms with van der Waals surface area (Å²) in [4.78, 5) is 15.8. The van der Waals surface area contributed by atoms with Crippen molar-refractivity contribution in [1.82, 2.24) is 24.6 Å². The predicted molar refractivity (Wildman–Crippen MR) is 89.8 cm³/mol. The van der Waals surface area contributed by atoms with Gasteiger partial charge in [-0.1, -0.05) is 0 Å². The highest BCUT2D eigenvalue weighted by Crippen LogP contribution is 2.39. The summed E-state index contributed by atoms with van der Waals surface area (Å²) >= 11 is 1.81. The third-order valence-electron chi connectivity index (χ3n) is 4.31. The molecule has 0 radical (unpaired) electrons. The van der Waals surface area contributed by atoms with Crippen molar-refractivity contribution in [2.45, 2.75) is 25.8 Å². The van der Waals surface area contributed by atoms with E-state index < -0.39 is 0 Å². The van der Waals surface area contributed by atoms with E-state index in [0.29, 0.717) is 6.54 Å². The molecule has 4 heterocycles. The molecular formula is C16H14N6S. The Balaban J connectivity index is 1.53. The van der Waals surface area contributed by atoms with E-state index in [9.17, 15) is 0 Å². The molecule has 1 N–H and O–H groups in total. The van der Waals surface area contributed by atoms with Crippen molar-refractivity contribution in [1.29, 1.82) is 0 Å². The van der Waals surface area contributed by atoms with Gasteiger partial charge in [-0.3, -0.25) is 0 Å². The first kappa shape index (κ1) is 13.0. The van der Waals surface area contributed by atoms with Gasteiger partial charge in [0.1, 0.15) is 17.0 Å². The topological polar surface area (TPSA) is 68.0 Å². The Morgan fingerprint density at radius 1 is 1.13 bits per heavy atom. The maximum atomic E-state index is 4.48. The van der Waals surface area contributed by atoms with E-state index in [1.165, 1.54) is 28.7 Å². The van der Waals surface area contributed by atoms with Crippen molar-refractivity contribution >= 4 is 33.0 Å². The fraction of sp³-hybridized carbons (Fsp3) is 0.250. The average Bonchev–Trinajstić information content (AvgIpc) is 3.27. The fourth-order valence-corrected chi connectivity index (χ4v) is 4.49. The highest BCUT2D eigenvalue weighted by Gasteiger charge is 2.21. The summed E-state index contributed by atoms with van der Waals surface area (Å²) in [6.07, 6.45) is 8.77. The molecule has 0 aromatic carbocycles. The molecule has 0 spiro atoms. The van der Waals surface area contributed by atoms with Gasteiger partial charge in [-0.25, -0.2) is 19.5 Å². The smallest absolute Gasteiger partial charge is 0.155 e. The van der Waals surface area contributed by atoms with Gasteiger partial charge in [0.25, 0.3) is 0 Å². The summed E-state index contributed by atoms with van der Waals surface area (Å²) in [5.41, 5.74) is 3.35. The van der Waals surface area contributed by atoms with Crippen LogP contribution in [0.5, 0.6) is 0 Å². The van der Waals surface area contributed by atoms with Crippen LogP contribution in [0.4, 0.5) is 5.82 Å². The van der Waals surface area contributed by atoms with Gasteiger partial charge in [0.15, 0.2) is 5.65 Å². The highest BCUT2D eigenvalue weighted by atomic mass is 32.1. The van der Waals surface area contributed by atoms with Gasteiger partial charge in [-0.2, -0.15) is 5.10 Å². The standard InChI is InChI=1S/C16H14N6S/c1-2-11-12(3-1)23-16-14(11)15(19-9-20-16)18-8-10-4-6-17-13-5-7-21-22(10)13/h4-7,9H,1-3,8H2,(H,18,19,20). The maximum absolute atomic E-state index is 4.48. The molecule has 23 heavy (non-hydrogen) atoms. The van der Waals surface area contributed by atoms with E-state index in [2.05, 4.69) is 25.4 Å². The zero-order valence-corrected chi connectivity index (χ0v) is 13.2. The number of aryl methyl sites for hydroxylation is 2. The lowest BCUT2D eigenvalue weighted by molar-refractivity contribution is 0.852. The van der Waals surface area contributed by atoms with Crippen molar-refractivity contribution in [3.05, 3.63) is 47.0 Å². The van der Waals surface area contributed by atoms with Gasteiger partial charge >= 0.3 is 0 Å². The number of hydrogen-bond donors (Lipinski definition) is 1. The van der Waals surface area contributed by atoms with Crippen molar-refractivity contribution < 1.29 is 0 Å². The molecule has 0 atom stereocenters. The van der Waals surface area contributed by atoms with Crippen LogP contribution in [0, 0.1) is 0 Å². The number of nitrogens with one attached hydrogen (secondary N) is 1. The van der Waals surface area contributed by atoms with Crippen LogP contribution >= 0.6 is 11.3 Å². The number of fused-ring (bicyclic) bond motifs is 4. The first-order valence-electron chi connectivity index (χ1n) is 7.67. The highest BCUT2D eigenvalue weighted by molar-refractivity contribution is 7.19. The van der Waals surface area contributed by atoms with Gasteiger partial charge in [0.05, 0.1) is 23.8 Å². The molecule has 1 aliphatic rings. The largest absolute Gasteiger partial charge is 0.364 e. The number of thiophene rings is 1. The lowest BCUT2D eigenvalue weighted by atomic mass is 10.2. The molecule has 4 aromatic heterocycles. The van der Waals surface area contributed by atoms with Crippen LogP contribution in [-0.4, -0.2) is 24.6 Å². The summed E-state index contributed by atoms with van der Waals surface area (Å²) in [6, 6.07) is 3.88. The number of hydrogen-bond acceptors (Lipinski definition) is 6. The SMILES string of the molecule is c1nc(NCc2ccnc3ccnn23)c2c3c(sc2n1)CCC3. The van der Waals surface area contributed by atoms with Gasteiger partial charge in [-0.15, -0.1) is 11.3 Å². The van der Waals surface area contributed by atoms with E-state index in [-0.39, 0.29) is 0 Å². The second-order valence-electron chi connectivity index (χ2n) is 5.65. The first-order chi connectivity index (χ1) is 11.4. The minimum Gasteiger partial charge on any atom is -0.364 e. The van der Waals surface area contributed by atoms with Crippen molar-refractivity contribution in [2.75, 3.05) is 5.32 Å². The van der Waals surface area contributed by atoms with Gasteiger partial charge in [-0.05, 0) is 30.9 Å². The molecule has 114 valence electrons. The summed E-state index contributed by atoms with van der Waals surface area (Å²) < 4.78 is 1.85. The molecule has 0 bridgehead atoms. The van der Waals surface area contributed by atoms with Crippen LogP contribution in [0.1, 0.15) is 22.6 Å². The molecule has 0 unspecified atom stereocenters. The number of aromatic nitrogens is 5. The maximum Gasteiger partial charge on any atom is 0.155 e. The molecule has 0 saturated carbocycles. The molecule has 0 aliphatic heterocycles. The molecule has 5 rings (SSSR count). The third-order valence-corrected chi connectivity index (χ3v) is 5.51. The fourth-order valence-electron chi connectivity index (χ4n) is 3.26. The molecule has 0 saturated heterocycles. The van der Waals surface area contributed by atoms with Gasteiger partial charge in [0.2, 0.25) is 0 Å². The minimum atomic E-state index is 0.650. The van der Waals surface area contributed by atoms with Crippen LogP contribution < -0.4 is 5.32 Å². The summed E-state index contributed by atoms with van der Waals surface area (Å²) in [6.45, 7) is 0.650. The molecule has 7 heteroatoms. The monoisotopic (exact) mass is 322 g/mol. The second kappa shape index (κ2) is 4.99. The molecule has 1 aliphatic carbocycles. The Hall–Kier alpha value is -2.54. The van der Waals surface area contributed by atoms with Gasteiger partial charge < -0.3 is 5.32 Å². The van der Waals surface area contributed by atoms with Crippen molar-refractivity contribution in [2.24, 2.45) is 0 Å². The zero-order valence-electron chi connectivity index (χ0n) is 12.4. The predicted octanol–water partition coefficient (Wildman–Crippen LogP) is 2.83. The lowest BCUT2D eigenvalue weighted by Gasteiger charge is -2.09.